The van der Waals surface area contributed by atoms with Crippen LogP contribution in [0.2, 0.25) is 0 Å². The largest absolute Gasteiger partial charge is 0.600 e. The predicted molar refractivity (Wildman–Crippen MR) is 87.2 cm³/mol. The number of hydrogen-bond donors (Lipinski definition) is 0. The third-order valence-electron chi connectivity index (χ3n) is 3.72. The zero-order valence-electron chi connectivity index (χ0n) is 13.9. The number of hydrogen-bond acceptors (Lipinski definition) is 2. The second kappa shape index (κ2) is 16.5. The SMILES string of the molecule is CCCCCCCCCN=[N+]([O-])CCCCCCCC. The van der Waals surface area contributed by atoms with Gasteiger partial charge in [0.2, 0.25) is 0 Å². The second-order valence-corrected chi connectivity index (χ2v) is 5.83. The van der Waals surface area contributed by atoms with Crippen LogP contribution >= 0.6 is 0 Å². The fourth-order valence-corrected chi connectivity index (χ4v) is 2.35. The molecule has 3 heteroatoms. The Labute approximate surface area is 126 Å². The molecule has 0 amide bonds. The van der Waals surface area contributed by atoms with Gasteiger partial charge in [0.05, 0.1) is 0 Å². The summed E-state index contributed by atoms with van der Waals surface area (Å²) in [5, 5.41) is 15.5. The lowest BCUT2D eigenvalue weighted by atomic mass is 10.1. The van der Waals surface area contributed by atoms with Crippen molar-refractivity contribution in [3.05, 3.63) is 5.21 Å². The Morgan fingerprint density at radius 2 is 1.10 bits per heavy atom. The zero-order valence-corrected chi connectivity index (χ0v) is 13.9. The van der Waals surface area contributed by atoms with Gasteiger partial charge < -0.3 is 5.21 Å². The minimum Gasteiger partial charge on any atom is -0.600 e. The van der Waals surface area contributed by atoms with E-state index in [0.717, 1.165) is 17.7 Å². The van der Waals surface area contributed by atoms with Gasteiger partial charge in [-0.15, -0.1) is 0 Å². The maximum Gasteiger partial charge on any atom is 0.180 e. The zero-order chi connectivity index (χ0) is 14.9. The quantitative estimate of drug-likeness (QED) is 0.156. The topological polar surface area (TPSA) is 38.4 Å². The molecular formula is C17H36N2O. The second-order valence-electron chi connectivity index (χ2n) is 5.83. The van der Waals surface area contributed by atoms with Crippen molar-refractivity contribution in [2.45, 2.75) is 97.3 Å². The first kappa shape index (κ1) is 19.4. The fourth-order valence-electron chi connectivity index (χ4n) is 2.35. The van der Waals surface area contributed by atoms with E-state index in [1.807, 2.05) is 0 Å². The molecule has 0 fully saturated rings. The Morgan fingerprint density at radius 1 is 0.650 bits per heavy atom. The molecule has 0 aromatic carbocycles. The third kappa shape index (κ3) is 15.5. The lowest BCUT2D eigenvalue weighted by Crippen LogP contribution is -2.04. The van der Waals surface area contributed by atoms with E-state index in [4.69, 9.17) is 0 Å². The summed E-state index contributed by atoms with van der Waals surface area (Å²) in [6.45, 7) is 5.77. The van der Waals surface area contributed by atoms with Crippen LogP contribution in [0, 0.1) is 5.21 Å². The number of hydroxylamine groups is 1. The molecule has 0 aliphatic heterocycles. The molecule has 0 aromatic heterocycles. The molecule has 0 radical (unpaired) electrons. The van der Waals surface area contributed by atoms with Crippen LogP contribution in [0.1, 0.15) is 97.3 Å². The van der Waals surface area contributed by atoms with Gasteiger partial charge in [0.1, 0.15) is 6.54 Å². The summed E-state index contributed by atoms with van der Waals surface area (Å²) in [6, 6.07) is 0. The van der Waals surface area contributed by atoms with Gasteiger partial charge in [-0.25, -0.2) is 0 Å². The van der Waals surface area contributed by atoms with Crippen LogP contribution in [0.3, 0.4) is 0 Å². The van der Waals surface area contributed by atoms with E-state index in [0.29, 0.717) is 13.1 Å². The fraction of sp³-hybridized carbons (Fsp3) is 1.00. The summed E-state index contributed by atoms with van der Waals surface area (Å²) < 4.78 is 0. The van der Waals surface area contributed by atoms with Crippen LogP contribution in [0.4, 0.5) is 0 Å². The lowest BCUT2D eigenvalue weighted by Gasteiger charge is -2.02. The number of nitrogens with zero attached hydrogens (tertiary/aromatic N) is 2. The van der Waals surface area contributed by atoms with Crippen molar-refractivity contribution < 1.29 is 4.86 Å². The molecule has 0 atom stereocenters. The van der Waals surface area contributed by atoms with Gasteiger partial charge in [0.15, 0.2) is 6.54 Å². The molecule has 0 spiro atoms. The molecule has 0 rings (SSSR count). The molecule has 0 heterocycles. The highest BCUT2D eigenvalue weighted by Crippen LogP contribution is 2.07. The summed E-state index contributed by atoms with van der Waals surface area (Å²) in [4.78, 5) is 0.914. The average molecular weight is 284 g/mol. The normalized spacial score (nSPS) is 12.0. The number of rotatable bonds is 15. The third-order valence-corrected chi connectivity index (χ3v) is 3.72. The molecule has 0 saturated heterocycles. The van der Waals surface area contributed by atoms with Crippen molar-refractivity contribution in [1.82, 2.24) is 0 Å². The minimum absolute atomic E-state index is 0.586. The molecule has 0 aliphatic carbocycles. The van der Waals surface area contributed by atoms with Crippen LogP contribution in [0.25, 0.3) is 0 Å². The highest BCUT2D eigenvalue weighted by Gasteiger charge is 1.97. The maximum atomic E-state index is 11.5. The summed E-state index contributed by atoms with van der Waals surface area (Å²) in [6.07, 6.45) is 16.3. The summed E-state index contributed by atoms with van der Waals surface area (Å²) in [5.41, 5.74) is 0. The Hall–Kier alpha value is -0.600. The van der Waals surface area contributed by atoms with Crippen molar-refractivity contribution >= 4 is 0 Å². The van der Waals surface area contributed by atoms with Crippen LogP contribution in [0.5, 0.6) is 0 Å². The first-order chi connectivity index (χ1) is 9.81. The van der Waals surface area contributed by atoms with Crippen LogP contribution < -0.4 is 0 Å². The Balaban J connectivity index is 3.25. The summed E-state index contributed by atoms with van der Waals surface area (Å²) in [7, 11) is 0. The van der Waals surface area contributed by atoms with Crippen LogP contribution in [-0.2, 0) is 0 Å². The van der Waals surface area contributed by atoms with E-state index in [2.05, 4.69) is 19.0 Å². The molecule has 0 aromatic rings. The van der Waals surface area contributed by atoms with E-state index >= 15 is 0 Å². The van der Waals surface area contributed by atoms with Crippen molar-refractivity contribution in [3.8, 4) is 0 Å². The molecule has 120 valence electrons. The maximum absolute atomic E-state index is 11.5. The van der Waals surface area contributed by atoms with Gasteiger partial charge in [-0.3, -0.25) is 0 Å². The lowest BCUT2D eigenvalue weighted by molar-refractivity contribution is -0.531. The molecule has 0 unspecified atom stereocenters. The van der Waals surface area contributed by atoms with Crippen LogP contribution in [0.15, 0.2) is 5.11 Å². The molecule has 0 saturated carbocycles. The number of unbranched alkanes of at least 4 members (excludes halogenated alkanes) is 11. The van der Waals surface area contributed by atoms with Crippen molar-refractivity contribution in [1.29, 1.82) is 0 Å². The van der Waals surface area contributed by atoms with Gasteiger partial charge in [0, 0.05) is 6.42 Å². The van der Waals surface area contributed by atoms with Crippen molar-refractivity contribution in [3.63, 3.8) is 0 Å². The highest BCUT2D eigenvalue weighted by molar-refractivity contribution is 4.46. The Kier molecular flexibility index (Phi) is 16.0. The van der Waals surface area contributed by atoms with Gasteiger partial charge in [-0.2, -0.15) is 0 Å². The first-order valence-corrected chi connectivity index (χ1v) is 8.93. The molecule has 0 N–H and O–H groups in total. The molecule has 20 heavy (non-hydrogen) atoms. The standard InChI is InChI=1S/C17H36N2O/c1-3-5-7-9-11-12-14-16-18-19(20)17-15-13-10-8-6-4-2/h3-17H2,1-2H3. The predicted octanol–water partition coefficient (Wildman–Crippen LogP) is 6.06. The van der Waals surface area contributed by atoms with E-state index in [1.54, 1.807) is 0 Å². The smallest absolute Gasteiger partial charge is 0.180 e. The Bertz CT molecular complexity index is 217. The van der Waals surface area contributed by atoms with Gasteiger partial charge in [-0.05, 0) is 18.0 Å². The Morgan fingerprint density at radius 3 is 1.65 bits per heavy atom. The van der Waals surface area contributed by atoms with E-state index in [-0.39, 0.29) is 0 Å². The van der Waals surface area contributed by atoms with Gasteiger partial charge >= 0.3 is 0 Å². The minimum atomic E-state index is 0.586. The van der Waals surface area contributed by atoms with E-state index < -0.39 is 0 Å². The number of azo groups is 1. The average Bonchev–Trinajstić information content (AvgIpc) is 2.45. The van der Waals surface area contributed by atoms with E-state index in [9.17, 15) is 5.21 Å². The molecular weight excluding hydrogens is 248 g/mol. The van der Waals surface area contributed by atoms with Gasteiger partial charge in [-0.1, -0.05) is 82.9 Å². The van der Waals surface area contributed by atoms with Crippen molar-refractivity contribution in [2.24, 2.45) is 5.11 Å². The summed E-state index contributed by atoms with van der Waals surface area (Å²) >= 11 is 0. The van der Waals surface area contributed by atoms with Crippen molar-refractivity contribution in [2.75, 3.05) is 13.1 Å². The monoisotopic (exact) mass is 284 g/mol. The molecule has 0 bridgehead atoms. The van der Waals surface area contributed by atoms with Crippen LogP contribution in [-0.4, -0.2) is 18.0 Å². The highest BCUT2D eigenvalue weighted by atomic mass is 16.5. The van der Waals surface area contributed by atoms with E-state index in [1.165, 1.54) is 70.6 Å². The first-order valence-electron chi connectivity index (χ1n) is 8.93. The van der Waals surface area contributed by atoms with Gasteiger partial charge in [0.25, 0.3) is 0 Å². The molecule has 3 nitrogen and oxygen atoms in total. The molecule has 0 aliphatic rings. The summed E-state index contributed by atoms with van der Waals surface area (Å²) in [5.74, 6) is 0.